The lowest BCUT2D eigenvalue weighted by Gasteiger charge is -2.29. The van der Waals surface area contributed by atoms with E-state index in [1.807, 2.05) is 0 Å². The predicted molar refractivity (Wildman–Crippen MR) is 71.5 cm³/mol. The maximum Gasteiger partial charge on any atom is 0.245 e. The highest BCUT2D eigenvalue weighted by Crippen LogP contribution is 2.31. The molecule has 0 spiro atoms. The number of carbonyl (C=O) groups is 1. The topological polar surface area (TPSA) is 66.5 Å². The summed E-state index contributed by atoms with van der Waals surface area (Å²) >= 11 is 5.51. The minimum Gasteiger partial charge on any atom is -0.323 e. The van der Waals surface area contributed by atoms with E-state index in [1.165, 1.54) is 0 Å². The van der Waals surface area contributed by atoms with Crippen LogP contribution < -0.4 is 9.62 Å². The molecular formula is C11H13ClN2O3S. The van der Waals surface area contributed by atoms with Crippen molar-refractivity contribution in [3.8, 4) is 0 Å². The fourth-order valence-electron chi connectivity index (χ4n) is 1.80. The molecule has 0 unspecified atom stereocenters. The molecule has 0 atom stereocenters. The molecular weight excluding hydrogens is 276 g/mol. The van der Waals surface area contributed by atoms with Crippen LogP contribution in [0.25, 0.3) is 0 Å². The number of hydrogen-bond donors (Lipinski definition) is 1. The van der Waals surface area contributed by atoms with E-state index in [0.29, 0.717) is 17.8 Å². The highest BCUT2D eigenvalue weighted by Gasteiger charge is 2.30. The van der Waals surface area contributed by atoms with Crippen molar-refractivity contribution in [3.05, 3.63) is 24.3 Å². The summed E-state index contributed by atoms with van der Waals surface area (Å²) in [6.07, 6.45) is 0.365. The van der Waals surface area contributed by atoms with E-state index in [1.54, 1.807) is 24.3 Å². The van der Waals surface area contributed by atoms with Crippen LogP contribution in [0.4, 0.5) is 11.4 Å². The normalized spacial score (nSPS) is 15.2. The Morgan fingerprint density at radius 1 is 1.33 bits per heavy atom. The summed E-state index contributed by atoms with van der Waals surface area (Å²) in [4.78, 5) is 11.5. The van der Waals surface area contributed by atoms with Crippen LogP contribution in [0.15, 0.2) is 24.3 Å². The number of rotatable bonds is 4. The lowest BCUT2D eigenvalue weighted by molar-refractivity contribution is -0.115. The maximum atomic E-state index is 12.1. The molecule has 0 saturated heterocycles. The van der Waals surface area contributed by atoms with Gasteiger partial charge in [-0.15, -0.1) is 11.6 Å². The first-order valence-corrected chi connectivity index (χ1v) is 7.64. The number of carbonyl (C=O) groups excluding carboxylic acids is 1. The van der Waals surface area contributed by atoms with E-state index in [9.17, 15) is 13.2 Å². The van der Waals surface area contributed by atoms with Crippen molar-refractivity contribution in [3.63, 3.8) is 0 Å². The number of para-hydroxylation sites is 2. The first-order chi connectivity index (χ1) is 8.54. The number of nitrogens with zero attached hydrogens (tertiary/aromatic N) is 1. The highest BCUT2D eigenvalue weighted by molar-refractivity contribution is 7.92. The van der Waals surface area contributed by atoms with Crippen molar-refractivity contribution in [1.29, 1.82) is 0 Å². The summed E-state index contributed by atoms with van der Waals surface area (Å²) in [5.41, 5.74) is 1.02. The Bertz CT molecular complexity index is 559. The fourth-order valence-corrected chi connectivity index (χ4v) is 3.59. The molecule has 0 aliphatic carbocycles. The molecule has 18 heavy (non-hydrogen) atoms. The van der Waals surface area contributed by atoms with Gasteiger partial charge in [0.25, 0.3) is 0 Å². The molecule has 1 amide bonds. The Labute approximate surface area is 111 Å². The van der Waals surface area contributed by atoms with Gasteiger partial charge in [-0.05, 0) is 18.6 Å². The van der Waals surface area contributed by atoms with Crippen LogP contribution in [0.1, 0.15) is 6.42 Å². The Morgan fingerprint density at radius 2 is 2.06 bits per heavy atom. The van der Waals surface area contributed by atoms with E-state index in [0.717, 1.165) is 4.31 Å². The molecule has 0 saturated carbocycles. The van der Waals surface area contributed by atoms with Crippen LogP contribution in [0, 0.1) is 0 Å². The molecule has 5 nitrogen and oxygen atoms in total. The smallest absolute Gasteiger partial charge is 0.245 e. The van der Waals surface area contributed by atoms with E-state index in [2.05, 4.69) is 5.32 Å². The van der Waals surface area contributed by atoms with Gasteiger partial charge in [-0.2, -0.15) is 0 Å². The first-order valence-electron chi connectivity index (χ1n) is 5.50. The van der Waals surface area contributed by atoms with Gasteiger partial charge >= 0.3 is 0 Å². The number of amides is 1. The SMILES string of the molecule is O=C1CN(S(=O)(=O)CCCCl)c2ccccc2N1. The van der Waals surface area contributed by atoms with Crippen LogP contribution in [-0.2, 0) is 14.8 Å². The molecule has 1 N–H and O–H groups in total. The number of benzene rings is 1. The van der Waals surface area contributed by atoms with E-state index < -0.39 is 10.0 Å². The number of fused-ring (bicyclic) bond motifs is 1. The number of nitrogens with one attached hydrogen (secondary N) is 1. The van der Waals surface area contributed by atoms with Gasteiger partial charge in [-0.25, -0.2) is 8.42 Å². The number of halogens is 1. The van der Waals surface area contributed by atoms with Crippen LogP contribution in [0.3, 0.4) is 0 Å². The van der Waals surface area contributed by atoms with E-state index >= 15 is 0 Å². The van der Waals surface area contributed by atoms with Crippen molar-refractivity contribution in [2.45, 2.75) is 6.42 Å². The predicted octanol–water partition coefficient (Wildman–Crippen LogP) is 1.40. The highest BCUT2D eigenvalue weighted by atomic mass is 35.5. The lowest BCUT2D eigenvalue weighted by Crippen LogP contribution is -2.43. The monoisotopic (exact) mass is 288 g/mol. The third kappa shape index (κ3) is 2.59. The third-order valence-corrected chi connectivity index (χ3v) is 4.67. The summed E-state index contributed by atoms with van der Waals surface area (Å²) in [5.74, 6) is -0.109. The van der Waals surface area contributed by atoms with Gasteiger partial charge in [-0.1, -0.05) is 12.1 Å². The van der Waals surface area contributed by atoms with E-state index in [4.69, 9.17) is 11.6 Å². The van der Waals surface area contributed by atoms with Gasteiger partial charge in [0.2, 0.25) is 15.9 Å². The molecule has 0 aromatic heterocycles. The number of alkyl halides is 1. The van der Waals surface area contributed by atoms with Gasteiger partial charge in [0.05, 0.1) is 17.1 Å². The van der Waals surface area contributed by atoms with Crippen LogP contribution in [0.2, 0.25) is 0 Å². The molecule has 2 rings (SSSR count). The Balaban J connectivity index is 2.37. The average Bonchev–Trinajstić information content (AvgIpc) is 2.35. The van der Waals surface area contributed by atoms with E-state index in [-0.39, 0.29) is 24.1 Å². The van der Waals surface area contributed by atoms with Gasteiger partial charge in [0.15, 0.2) is 0 Å². The zero-order valence-corrected chi connectivity index (χ0v) is 11.2. The second-order valence-electron chi connectivity index (χ2n) is 3.93. The minimum atomic E-state index is -3.50. The number of anilines is 2. The summed E-state index contributed by atoms with van der Waals surface area (Å²) < 4.78 is 25.4. The zero-order chi connectivity index (χ0) is 13.2. The second-order valence-corrected chi connectivity index (χ2v) is 6.32. The van der Waals surface area contributed by atoms with Gasteiger partial charge in [0.1, 0.15) is 6.54 Å². The van der Waals surface area contributed by atoms with Gasteiger partial charge in [-0.3, -0.25) is 9.10 Å². The number of sulfonamides is 1. The zero-order valence-electron chi connectivity index (χ0n) is 9.60. The number of hydrogen-bond acceptors (Lipinski definition) is 3. The molecule has 7 heteroatoms. The summed E-state index contributed by atoms with van der Waals surface area (Å²) in [5, 5.41) is 2.65. The maximum absolute atomic E-state index is 12.1. The lowest BCUT2D eigenvalue weighted by atomic mass is 10.2. The molecule has 98 valence electrons. The van der Waals surface area contributed by atoms with Crippen molar-refractivity contribution >= 4 is 38.9 Å². The molecule has 0 radical (unpaired) electrons. The standard InChI is InChI=1S/C11H13ClN2O3S/c12-6-3-7-18(16,17)14-8-11(15)13-9-4-1-2-5-10(9)14/h1-2,4-5H,3,6-8H2,(H,13,15). The molecule has 1 aliphatic rings. The molecule has 1 heterocycles. The average molecular weight is 289 g/mol. The summed E-state index contributed by atoms with van der Waals surface area (Å²) in [6, 6.07) is 6.83. The Kier molecular flexibility index (Phi) is 3.77. The largest absolute Gasteiger partial charge is 0.323 e. The molecule has 1 aliphatic heterocycles. The van der Waals surface area contributed by atoms with Crippen molar-refractivity contribution in [1.82, 2.24) is 0 Å². The Morgan fingerprint density at radius 3 is 2.78 bits per heavy atom. The van der Waals surface area contributed by atoms with Crippen molar-refractivity contribution in [2.24, 2.45) is 0 Å². The quantitative estimate of drug-likeness (QED) is 0.852. The minimum absolute atomic E-state index is 0.0574. The fraction of sp³-hybridized carbons (Fsp3) is 0.364. The van der Waals surface area contributed by atoms with Gasteiger partial charge in [0, 0.05) is 5.88 Å². The van der Waals surface area contributed by atoms with Crippen LogP contribution in [-0.4, -0.2) is 32.5 Å². The first kappa shape index (κ1) is 13.2. The molecule has 0 fully saturated rings. The van der Waals surface area contributed by atoms with Crippen molar-refractivity contribution < 1.29 is 13.2 Å². The molecule has 0 bridgehead atoms. The summed E-state index contributed by atoms with van der Waals surface area (Å²) in [7, 11) is -3.50. The molecule has 1 aromatic rings. The van der Waals surface area contributed by atoms with Crippen LogP contribution >= 0.6 is 11.6 Å². The summed E-state index contributed by atoms with van der Waals surface area (Å²) in [6.45, 7) is -0.179. The Hall–Kier alpha value is -1.27. The van der Waals surface area contributed by atoms with Gasteiger partial charge < -0.3 is 5.32 Å². The molecule has 1 aromatic carbocycles. The van der Waals surface area contributed by atoms with Crippen LogP contribution in [0.5, 0.6) is 0 Å². The second kappa shape index (κ2) is 5.16. The van der Waals surface area contributed by atoms with Crippen molar-refractivity contribution in [2.75, 3.05) is 27.8 Å². The third-order valence-electron chi connectivity index (χ3n) is 2.61.